The van der Waals surface area contributed by atoms with Gasteiger partial charge in [0.2, 0.25) is 0 Å². The summed E-state index contributed by atoms with van der Waals surface area (Å²) in [5.74, 6) is 1.54. The zero-order chi connectivity index (χ0) is 18.9. The van der Waals surface area contributed by atoms with Gasteiger partial charge in [-0.3, -0.25) is 4.90 Å². The van der Waals surface area contributed by atoms with Gasteiger partial charge in [-0.05, 0) is 42.3 Å². The van der Waals surface area contributed by atoms with Crippen molar-refractivity contribution in [2.45, 2.75) is 6.42 Å². The van der Waals surface area contributed by atoms with Gasteiger partial charge in [0, 0.05) is 49.8 Å². The highest BCUT2D eigenvalue weighted by Crippen LogP contribution is 2.39. The predicted octanol–water partition coefficient (Wildman–Crippen LogP) is 3.44. The van der Waals surface area contributed by atoms with Crippen molar-refractivity contribution in [3.8, 4) is 11.5 Å². The summed E-state index contributed by atoms with van der Waals surface area (Å²) >= 11 is 0. The number of rotatable bonds is 4. The molecular formula is C22H24FN3O2. The van der Waals surface area contributed by atoms with Crippen LogP contribution in [-0.4, -0.2) is 55.8 Å². The smallest absolute Gasteiger partial charge is 0.184 e. The first-order chi connectivity index (χ1) is 13.8. The molecule has 2 aromatic carbocycles. The molecule has 6 heteroatoms. The first kappa shape index (κ1) is 17.4. The summed E-state index contributed by atoms with van der Waals surface area (Å²) < 4.78 is 25.1. The van der Waals surface area contributed by atoms with E-state index in [1.807, 2.05) is 18.3 Å². The molecule has 2 aliphatic heterocycles. The van der Waals surface area contributed by atoms with E-state index in [0.29, 0.717) is 13.2 Å². The number of hydrogen-bond acceptors (Lipinski definition) is 4. The van der Waals surface area contributed by atoms with Gasteiger partial charge in [-0.1, -0.05) is 6.07 Å². The van der Waals surface area contributed by atoms with E-state index in [0.717, 1.165) is 67.2 Å². The Morgan fingerprint density at radius 3 is 2.75 bits per heavy atom. The Kier molecular flexibility index (Phi) is 4.56. The lowest BCUT2D eigenvalue weighted by atomic mass is 10.1. The molecule has 0 radical (unpaired) electrons. The van der Waals surface area contributed by atoms with Crippen molar-refractivity contribution in [3.05, 3.63) is 54.0 Å². The molecule has 1 N–H and O–H groups in total. The quantitative estimate of drug-likeness (QED) is 0.752. The number of nitrogens with zero attached hydrogens (tertiary/aromatic N) is 2. The number of aromatic nitrogens is 1. The summed E-state index contributed by atoms with van der Waals surface area (Å²) in [6, 6.07) is 11.0. The highest BCUT2D eigenvalue weighted by molar-refractivity contribution is 5.83. The topological polar surface area (TPSA) is 40.7 Å². The number of nitrogens with one attached hydrogen (secondary N) is 1. The minimum atomic E-state index is -0.181. The zero-order valence-corrected chi connectivity index (χ0v) is 15.8. The molecule has 3 aromatic rings. The Morgan fingerprint density at radius 2 is 1.86 bits per heavy atom. The third-order valence-electron chi connectivity index (χ3n) is 5.69. The van der Waals surface area contributed by atoms with E-state index in [1.165, 1.54) is 11.6 Å². The summed E-state index contributed by atoms with van der Waals surface area (Å²) in [6.07, 6.45) is 2.93. The van der Waals surface area contributed by atoms with Gasteiger partial charge >= 0.3 is 0 Å². The number of ether oxygens (including phenoxy) is 2. The van der Waals surface area contributed by atoms with E-state index in [4.69, 9.17) is 9.47 Å². The molecule has 28 heavy (non-hydrogen) atoms. The van der Waals surface area contributed by atoms with Gasteiger partial charge in [0.15, 0.2) is 11.5 Å². The maximum Gasteiger partial charge on any atom is 0.184 e. The van der Waals surface area contributed by atoms with Crippen LogP contribution in [0.4, 0.5) is 10.1 Å². The fourth-order valence-corrected chi connectivity index (χ4v) is 4.16. The Morgan fingerprint density at radius 1 is 1.00 bits per heavy atom. The summed E-state index contributed by atoms with van der Waals surface area (Å²) in [7, 11) is 0. The SMILES string of the molecule is Fc1ccc2[nH]cc(CCN3CCN(c4cccc5c4OCCO5)CC3)c2c1. The highest BCUT2D eigenvalue weighted by atomic mass is 19.1. The number of para-hydroxylation sites is 1. The number of halogens is 1. The molecule has 0 aliphatic carbocycles. The molecule has 3 heterocycles. The van der Waals surface area contributed by atoms with Gasteiger partial charge in [0.25, 0.3) is 0 Å². The van der Waals surface area contributed by atoms with Crippen molar-refractivity contribution in [2.75, 3.05) is 50.8 Å². The summed E-state index contributed by atoms with van der Waals surface area (Å²) in [5.41, 5.74) is 3.31. The van der Waals surface area contributed by atoms with E-state index in [-0.39, 0.29) is 5.82 Å². The van der Waals surface area contributed by atoms with Crippen molar-refractivity contribution in [2.24, 2.45) is 0 Å². The normalized spacial score (nSPS) is 17.2. The number of aromatic amines is 1. The Bertz CT molecular complexity index is 979. The molecule has 1 fully saturated rings. The molecule has 5 nitrogen and oxygen atoms in total. The zero-order valence-electron chi connectivity index (χ0n) is 15.8. The van der Waals surface area contributed by atoms with E-state index in [9.17, 15) is 4.39 Å². The fourth-order valence-electron chi connectivity index (χ4n) is 4.16. The first-order valence-corrected chi connectivity index (χ1v) is 9.89. The third kappa shape index (κ3) is 3.29. The number of piperazine rings is 1. The van der Waals surface area contributed by atoms with Crippen LogP contribution < -0.4 is 14.4 Å². The van der Waals surface area contributed by atoms with Crippen molar-refractivity contribution in [1.29, 1.82) is 0 Å². The van der Waals surface area contributed by atoms with E-state index < -0.39 is 0 Å². The average Bonchev–Trinajstić information content (AvgIpc) is 3.14. The Balaban J connectivity index is 1.21. The van der Waals surface area contributed by atoms with Crippen LogP contribution in [0, 0.1) is 5.82 Å². The molecule has 2 aliphatic rings. The minimum absolute atomic E-state index is 0.181. The molecular weight excluding hydrogens is 357 g/mol. The second-order valence-corrected chi connectivity index (χ2v) is 7.38. The molecule has 0 atom stereocenters. The Labute approximate surface area is 163 Å². The molecule has 1 saturated heterocycles. The Hall–Kier alpha value is -2.73. The number of H-pyrrole nitrogens is 1. The van der Waals surface area contributed by atoms with Crippen molar-refractivity contribution in [1.82, 2.24) is 9.88 Å². The lowest BCUT2D eigenvalue weighted by Gasteiger charge is -2.37. The molecule has 1 aromatic heterocycles. The van der Waals surface area contributed by atoms with Crippen LogP contribution in [0.2, 0.25) is 0 Å². The average molecular weight is 381 g/mol. The van der Waals surface area contributed by atoms with Crippen LogP contribution in [0.25, 0.3) is 10.9 Å². The summed E-state index contributed by atoms with van der Waals surface area (Å²) in [6.45, 7) is 6.12. The van der Waals surface area contributed by atoms with E-state index in [1.54, 1.807) is 12.1 Å². The second-order valence-electron chi connectivity index (χ2n) is 7.38. The molecule has 0 unspecified atom stereocenters. The van der Waals surface area contributed by atoms with Gasteiger partial charge in [-0.2, -0.15) is 0 Å². The fraction of sp³-hybridized carbons (Fsp3) is 0.364. The van der Waals surface area contributed by atoms with Crippen LogP contribution in [0.3, 0.4) is 0 Å². The first-order valence-electron chi connectivity index (χ1n) is 9.89. The van der Waals surface area contributed by atoms with Gasteiger partial charge in [0.05, 0.1) is 5.69 Å². The lowest BCUT2D eigenvalue weighted by molar-refractivity contribution is 0.171. The molecule has 0 spiro atoms. The van der Waals surface area contributed by atoms with Gasteiger partial charge in [-0.15, -0.1) is 0 Å². The van der Waals surface area contributed by atoms with Crippen LogP contribution in [0.15, 0.2) is 42.6 Å². The van der Waals surface area contributed by atoms with Crippen LogP contribution in [0.5, 0.6) is 11.5 Å². The number of fused-ring (bicyclic) bond motifs is 2. The minimum Gasteiger partial charge on any atom is -0.486 e. The number of benzene rings is 2. The van der Waals surface area contributed by atoms with E-state index in [2.05, 4.69) is 20.9 Å². The van der Waals surface area contributed by atoms with Crippen molar-refractivity contribution in [3.63, 3.8) is 0 Å². The van der Waals surface area contributed by atoms with Crippen molar-refractivity contribution < 1.29 is 13.9 Å². The maximum absolute atomic E-state index is 13.6. The van der Waals surface area contributed by atoms with Crippen LogP contribution >= 0.6 is 0 Å². The molecule has 146 valence electrons. The number of hydrogen-bond donors (Lipinski definition) is 1. The second kappa shape index (κ2) is 7.36. The standard InChI is InChI=1S/C22H24FN3O2/c23-17-4-5-19-18(14-17)16(15-24-19)6-7-25-8-10-26(11-9-25)20-2-1-3-21-22(20)28-13-12-27-21/h1-5,14-15,24H,6-13H2. The third-order valence-corrected chi connectivity index (χ3v) is 5.69. The lowest BCUT2D eigenvalue weighted by Crippen LogP contribution is -2.47. The molecule has 0 amide bonds. The molecule has 5 rings (SSSR count). The van der Waals surface area contributed by atoms with Crippen molar-refractivity contribution >= 4 is 16.6 Å². The highest BCUT2D eigenvalue weighted by Gasteiger charge is 2.23. The molecule has 0 saturated carbocycles. The molecule has 0 bridgehead atoms. The number of anilines is 1. The maximum atomic E-state index is 13.6. The monoisotopic (exact) mass is 381 g/mol. The predicted molar refractivity (Wildman–Crippen MR) is 108 cm³/mol. The van der Waals surface area contributed by atoms with Gasteiger partial charge in [0.1, 0.15) is 19.0 Å². The summed E-state index contributed by atoms with van der Waals surface area (Å²) in [5, 5.41) is 0.992. The largest absolute Gasteiger partial charge is 0.486 e. The van der Waals surface area contributed by atoms with E-state index >= 15 is 0 Å². The van der Waals surface area contributed by atoms with Gasteiger partial charge < -0.3 is 19.4 Å². The van der Waals surface area contributed by atoms with Gasteiger partial charge in [-0.25, -0.2) is 4.39 Å². The van der Waals surface area contributed by atoms with Crippen LogP contribution in [-0.2, 0) is 6.42 Å². The summed E-state index contributed by atoms with van der Waals surface area (Å²) in [4.78, 5) is 8.10. The van der Waals surface area contributed by atoms with Crippen LogP contribution in [0.1, 0.15) is 5.56 Å².